The summed E-state index contributed by atoms with van der Waals surface area (Å²) >= 11 is 1.61. The number of hydrogen-bond acceptors (Lipinski definition) is 4. The number of hydrogen-bond donors (Lipinski definition) is 2. The first-order chi connectivity index (χ1) is 15.7. The maximum atomic E-state index is 13.3. The van der Waals surface area contributed by atoms with Gasteiger partial charge in [-0.2, -0.15) is 0 Å². The summed E-state index contributed by atoms with van der Waals surface area (Å²) in [6.45, 7) is 0.501. The van der Waals surface area contributed by atoms with Crippen molar-refractivity contribution in [3.05, 3.63) is 80.7 Å². The van der Waals surface area contributed by atoms with E-state index in [4.69, 9.17) is 4.98 Å². The highest BCUT2D eigenvalue weighted by Gasteiger charge is 2.22. The van der Waals surface area contributed by atoms with Gasteiger partial charge in [0.1, 0.15) is 4.83 Å². The highest BCUT2D eigenvalue weighted by Crippen LogP contribution is 2.34. The van der Waals surface area contributed by atoms with E-state index < -0.39 is 0 Å². The first-order valence-corrected chi connectivity index (χ1v) is 11.8. The Morgan fingerprint density at radius 3 is 2.97 bits per heavy atom. The fourth-order valence-corrected chi connectivity index (χ4v) is 6.02. The van der Waals surface area contributed by atoms with Crippen LogP contribution < -0.4 is 10.9 Å². The van der Waals surface area contributed by atoms with Crippen LogP contribution in [0.15, 0.2) is 53.6 Å². The van der Waals surface area contributed by atoms with Crippen LogP contribution in [0.1, 0.15) is 39.2 Å². The molecule has 1 amide bonds. The van der Waals surface area contributed by atoms with Crippen molar-refractivity contribution in [2.24, 2.45) is 0 Å². The van der Waals surface area contributed by atoms with E-state index in [1.165, 1.54) is 20.2 Å². The number of aryl methyl sites for hydroxylation is 2. The van der Waals surface area contributed by atoms with Crippen LogP contribution >= 0.6 is 11.3 Å². The van der Waals surface area contributed by atoms with E-state index in [1.807, 2.05) is 24.4 Å². The Kier molecular flexibility index (Phi) is 4.57. The molecule has 0 saturated heterocycles. The highest BCUT2D eigenvalue weighted by atomic mass is 32.1. The summed E-state index contributed by atoms with van der Waals surface area (Å²) in [4.78, 5) is 36.4. The van der Waals surface area contributed by atoms with Crippen LogP contribution in [0.3, 0.4) is 0 Å². The maximum Gasteiger partial charge on any atom is 0.266 e. The van der Waals surface area contributed by atoms with Crippen LogP contribution in [0.5, 0.6) is 0 Å². The Morgan fingerprint density at radius 1 is 1.16 bits per heavy atom. The van der Waals surface area contributed by atoms with Crippen molar-refractivity contribution in [3.63, 3.8) is 0 Å². The van der Waals surface area contributed by atoms with Gasteiger partial charge in [0.05, 0.1) is 10.9 Å². The SMILES string of the molecule is O=C(NCCc1c[nH]c2ccccc12)c1cccn2c(=O)c3c4c(sc3nc12)CCCC4. The van der Waals surface area contributed by atoms with Crippen LogP contribution in [0.25, 0.3) is 26.8 Å². The van der Waals surface area contributed by atoms with E-state index in [1.54, 1.807) is 29.7 Å². The molecular weight excluding hydrogens is 420 g/mol. The standard InChI is InChI=1S/C25H22N4O2S/c30-23(26-12-11-15-14-27-19-9-3-1-6-16(15)19)18-8-5-13-29-22(18)28-24-21(25(29)31)17-7-2-4-10-20(17)32-24/h1,3,5-6,8-9,13-14,27H,2,4,7,10-12H2,(H,26,30). The van der Waals surface area contributed by atoms with Gasteiger partial charge in [0.15, 0.2) is 5.65 Å². The molecular formula is C25H22N4O2S. The number of aromatic amines is 1. The second-order valence-corrected chi connectivity index (χ2v) is 9.37. The number of fused-ring (bicyclic) bond motifs is 5. The Balaban J connectivity index is 1.31. The molecule has 0 spiro atoms. The molecule has 0 radical (unpaired) electrons. The predicted molar refractivity (Wildman–Crippen MR) is 128 cm³/mol. The number of pyridine rings is 1. The Bertz CT molecular complexity index is 1560. The smallest absolute Gasteiger partial charge is 0.266 e. The van der Waals surface area contributed by atoms with Gasteiger partial charge in [-0.15, -0.1) is 11.3 Å². The molecule has 0 bridgehead atoms. The fraction of sp³-hybridized carbons (Fsp3) is 0.240. The third-order valence-corrected chi connectivity index (χ3v) is 7.55. The molecule has 0 atom stereocenters. The summed E-state index contributed by atoms with van der Waals surface area (Å²) in [5.74, 6) is -0.212. The van der Waals surface area contributed by atoms with Gasteiger partial charge in [0, 0.05) is 34.7 Å². The van der Waals surface area contributed by atoms with E-state index >= 15 is 0 Å². The van der Waals surface area contributed by atoms with Crippen LogP contribution in [0.2, 0.25) is 0 Å². The lowest BCUT2D eigenvalue weighted by Gasteiger charge is -2.10. The molecule has 0 saturated carbocycles. The summed E-state index contributed by atoms with van der Waals surface area (Å²) < 4.78 is 1.53. The number of aromatic nitrogens is 3. The van der Waals surface area contributed by atoms with Crippen molar-refractivity contribution in [1.82, 2.24) is 19.7 Å². The highest BCUT2D eigenvalue weighted by molar-refractivity contribution is 7.18. The van der Waals surface area contributed by atoms with Crippen LogP contribution in [-0.4, -0.2) is 26.8 Å². The average Bonchev–Trinajstić information content (AvgIpc) is 3.40. The predicted octanol–water partition coefficient (Wildman–Crippen LogP) is 4.24. The van der Waals surface area contributed by atoms with Gasteiger partial charge < -0.3 is 10.3 Å². The topological polar surface area (TPSA) is 79.3 Å². The number of H-pyrrole nitrogens is 1. The van der Waals surface area contributed by atoms with Crippen molar-refractivity contribution < 1.29 is 4.79 Å². The third kappa shape index (κ3) is 3.04. The van der Waals surface area contributed by atoms with Crippen molar-refractivity contribution >= 4 is 44.0 Å². The molecule has 5 aromatic rings. The van der Waals surface area contributed by atoms with E-state index in [-0.39, 0.29) is 11.5 Å². The van der Waals surface area contributed by atoms with Crippen molar-refractivity contribution in [3.8, 4) is 0 Å². The molecule has 0 aliphatic heterocycles. The zero-order valence-electron chi connectivity index (χ0n) is 17.5. The molecule has 4 aromatic heterocycles. The lowest BCUT2D eigenvalue weighted by Crippen LogP contribution is -2.27. The van der Waals surface area contributed by atoms with E-state index in [0.29, 0.717) is 17.8 Å². The molecule has 0 unspecified atom stereocenters. The quantitative estimate of drug-likeness (QED) is 0.437. The molecule has 7 heteroatoms. The number of nitrogens with one attached hydrogen (secondary N) is 2. The summed E-state index contributed by atoms with van der Waals surface area (Å²) in [5.41, 5.74) is 4.20. The number of carbonyl (C=O) groups excluding carboxylic acids is 1. The van der Waals surface area contributed by atoms with Gasteiger partial charge in [0.25, 0.3) is 11.5 Å². The lowest BCUT2D eigenvalue weighted by molar-refractivity contribution is 0.0955. The molecule has 1 aromatic carbocycles. The summed E-state index contributed by atoms with van der Waals surface area (Å²) in [6.07, 6.45) is 8.63. The molecule has 1 aliphatic carbocycles. The number of rotatable bonds is 4. The minimum Gasteiger partial charge on any atom is -0.361 e. The largest absolute Gasteiger partial charge is 0.361 e. The molecule has 160 valence electrons. The number of thiophene rings is 1. The molecule has 6 nitrogen and oxygen atoms in total. The normalized spacial score (nSPS) is 13.6. The Hall–Kier alpha value is -3.45. The number of benzene rings is 1. The third-order valence-electron chi connectivity index (χ3n) is 6.36. The van der Waals surface area contributed by atoms with Crippen LogP contribution in [0.4, 0.5) is 0 Å². The van der Waals surface area contributed by atoms with E-state index in [0.717, 1.165) is 53.4 Å². The van der Waals surface area contributed by atoms with Gasteiger partial charge in [-0.05, 0) is 61.4 Å². The lowest BCUT2D eigenvalue weighted by atomic mass is 9.97. The summed E-state index contributed by atoms with van der Waals surface area (Å²) in [5, 5.41) is 4.91. The van der Waals surface area contributed by atoms with E-state index in [2.05, 4.69) is 16.4 Å². The zero-order valence-corrected chi connectivity index (χ0v) is 18.3. The molecule has 4 heterocycles. The number of carbonyl (C=O) groups is 1. The maximum absolute atomic E-state index is 13.3. The van der Waals surface area contributed by atoms with Crippen LogP contribution in [0, 0.1) is 0 Å². The number of amides is 1. The minimum atomic E-state index is -0.212. The molecule has 1 aliphatic rings. The minimum absolute atomic E-state index is 0.0714. The molecule has 0 fully saturated rings. The van der Waals surface area contributed by atoms with Crippen molar-refractivity contribution in [2.45, 2.75) is 32.1 Å². The van der Waals surface area contributed by atoms with Crippen LogP contribution in [-0.2, 0) is 19.3 Å². The second kappa shape index (κ2) is 7.60. The first kappa shape index (κ1) is 19.3. The molecule has 6 rings (SSSR count). The summed E-state index contributed by atoms with van der Waals surface area (Å²) in [6, 6.07) is 11.6. The number of para-hydroxylation sites is 1. The van der Waals surface area contributed by atoms with Gasteiger partial charge >= 0.3 is 0 Å². The van der Waals surface area contributed by atoms with Gasteiger partial charge in [-0.1, -0.05) is 18.2 Å². The van der Waals surface area contributed by atoms with Gasteiger partial charge in [0.2, 0.25) is 0 Å². The van der Waals surface area contributed by atoms with Gasteiger partial charge in [-0.3, -0.25) is 14.0 Å². The Morgan fingerprint density at radius 2 is 2.03 bits per heavy atom. The second-order valence-electron chi connectivity index (χ2n) is 8.29. The zero-order chi connectivity index (χ0) is 21.7. The van der Waals surface area contributed by atoms with Crippen molar-refractivity contribution in [1.29, 1.82) is 0 Å². The first-order valence-electron chi connectivity index (χ1n) is 11.0. The molecule has 32 heavy (non-hydrogen) atoms. The number of nitrogens with zero attached hydrogens (tertiary/aromatic N) is 2. The monoisotopic (exact) mass is 442 g/mol. The Labute approximate surface area is 187 Å². The van der Waals surface area contributed by atoms with Crippen molar-refractivity contribution in [2.75, 3.05) is 6.54 Å². The summed E-state index contributed by atoms with van der Waals surface area (Å²) in [7, 11) is 0. The van der Waals surface area contributed by atoms with E-state index in [9.17, 15) is 9.59 Å². The van der Waals surface area contributed by atoms with Gasteiger partial charge in [-0.25, -0.2) is 4.98 Å². The average molecular weight is 443 g/mol. The molecule has 2 N–H and O–H groups in total. The fourth-order valence-electron chi connectivity index (χ4n) is 4.77.